The number of nitrogens with zero attached hydrogens (tertiary/aromatic N) is 5. The molecule has 0 amide bonds. The molecular weight excluding hydrogens is 409 g/mol. The van der Waals surface area contributed by atoms with Gasteiger partial charge in [-0.05, 0) is 39.3 Å². The van der Waals surface area contributed by atoms with Crippen molar-refractivity contribution in [2.24, 2.45) is 0 Å². The molecule has 1 N–H and O–H groups in total. The van der Waals surface area contributed by atoms with Crippen LogP contribution in [-0.2, 0) is 12.7 Å². The summed E-state index contributed by atoms with van der Waals surface area (Å²) in [5.74, 6) is 0.357. The lowest BCUT2D eigenvalue weighted by Gasteiger charge is -2.30. The highest BCUT2D eigenvalue weighted by molar-refractivity contribution is 7.96. The first-order valence-electron chi connectivity index (χ1n) is 8.87. The van der Waals surface area contributed by atoms with Crippen LogP contribution in [0.3, 0.4) is 0 Å². The van der Waals surface area contributed by atoms with Crippen LogP contribution in [-0.4, -0.2) is 63.6 Å². The largest absolute Gasteiger partial charge is 0.434 e. The third kappa shape index (κ3) is 5.34. The predicted molar refractivity (Wildman–Crippen MR) is 107 cm³/mol. The van der Waals surface area contributed by atoms with E-state index in [0.717, 1.165) is 37.3 Å². The van der Waals surface area contributed by atoms with Crippen LogP contribution in [0.2, 0.25) is 0 Å². The van der Waals surface area contributed by atoms with Gasteiger partial charge in [0.1, 0.15) is 5.01 Å². The van der Waals surface area contributed by atoms with Crippen molar-refractivity contribution in [2.45, 2.75) is 31.6 Å². The van der Waals surface area contributed by atoms with Crippen LogP contribution >= 0.6 is 23.3 Å². The Balaban J connectivity index is 1.82. The fourth-order valence-corrected chi connectivity index (χ4v) is 4.74. The van der Waals surface area contributed by atoms with Crippen molar-refractivity contribution in [2.75, 3.05) is 38.8 Å². The second-order valence-corrected chi connectivity index (χ2v) is 8.78. The summed E-state index contributed by atoms with van der Waals surface area (Å²) in [6.07, 6.45) is 0.899. The van der Waals surface area contributed by atoms with Gasteiger partial charge in [-0.2, -0.15) is 13.2 Å². The fourth-order valence-electron chi connectivity index (χ4n) is 2.99. The van der Waals surface area contributed by atoms with Gasteiger partial charge in [-0.3, -0.25) is 4.31 Å². The highest BCUT2D eigenvalue weighted by Crippen LogP contribution is 2.40. The van der Waals surface area contributed by atoms with Crippen molar-refractivity contribution in [3.63, 3.8) is 0 Å². The molecule has 0 unspecified atom stereocenters. The molecule has 0 saturated carbocycles. The van der Waals surface area contributed by atoms with Crippen molar-refractivity contribution in [3.8, 4) is 10.6 Å². The van der Waals surface area contributed by atoms with Crippen molar-refractivity contribution in [1.82, 2.24) is 24.2 Å². The summed E-state index contributed by atoms with van der Waals surface area (Å²) in [5.41, 5.74) is -0.638. The highest BCUT2D eigenvalue weighted by atomic mass is 32.2. The predicted octanol–water partition coefficient (Wildman–Crippen LogP) is 3.83. The molecular formula is C17H23F3N6S2. The van der Waals surface area contributed by atoms with E-state index >= 15 is 0 Å². The first kappa shape index (κ1) is 21.3. The number of anilines is 1. The first-order valence-corrected chi connectivity index (χ1v) is 10.9. The number of alkyl halides is 3. The molecule has 0 aromatic carbocycles. The van der Waals surface area contributed by atoms with Gasteiger partial charge in [-0.1, -0.05) is 11.9 Å². The van der Waals surface area contributed by atoms with Gasteiger partial charge < -0.3 is 10.2 Å². The summed E-state index contributed by atoms with van der Waals surface area (Å²) in [6.45, 7) is 2.26. The fraction of sp³-hybridized carbons (Fsp3) is 0.588. The Labute approximate surface area is 170 Å². The van der Waals surface area contributed by atoms with Gasteiger partial charge in [0.2, 0.25) is 5.95 Å². The average molecular weight is 433 g/mol. The second kappa shape index (κ2) is 8.93. The standard InChI is InChI=1S/C17H23F3N6S2/c1-25(2)10-13-24-15(17(18,19)20)14(28-13)12-4-7-21-16(23-12)22-11-5-8-26(27-3)9-6-11/h4,7,11H,5-6,8-10H2,1-3H3,(H,21,22,23). The van der Waals surface area contributed by atoms with E-state index < -0.39 is 11.9 Å². The Bertz CT molecular complexity index is 787. The number of nitrogens with one attached hydrogen (secondary N) is 1. The van der Waals surface area contributed by atoms with Gasteiger partial charge in [0.05, 0.1) is 10.6 Å². The number of thiazole rings is 1. The minimum atomic E-state index is -4.53. The molecule has 0 aliphatic carbocycles. The van der Waals surface area contributed by atoms with Crippen LogP contribution in [0.15, 0.2) is 12.3 Å². The van der Waals surface area contributed by atoms with Gasteiger partial charge >= 0.3 is 6.18 Å². The third-order valence-corrected chi connectivity index (χ3v) is 6.27. The summed E-state index contributed by atoms with van der Waals surface area (Å²) in [7, 11) is 3.59. The zero-order valence-electron chi connectivity index (χ0n) is 16.0. The zero-order valence-corrected chi connectivity index (χ0v) is 17.6. The van der Waals surface area contributed by atoms with Crippen LogP contribution in [0.25, 0.3) is 10.6 Å². The van der Waals surface area contributed by atoms with E-state index in [-0.39, 0.29) is 16.6 Å². The van der Waals surface area contributed by atoms with Crippen LogP contribution in [0, 0.1) is 0 Å². The molecule has 3 rings (SSSR count). The second-order valence-electron chi connectivity index (χ2n) is 6.82. The summed E-state index contributed by atoms with van der Waals surface area (Å²) < 4.78 is 42.8. The van der Waals surface area contributed by atoms with Crippen molar-refractivity contribution >= 4 is 29.2 Å². The quantitative estimate of drug-likeness (QED) is 0.696. The zero-order chi connectivity index (χ0) is 20.3. The molecule has 0 bridgehead atoms. The number of aromatic nitrogens is 3. The maximum Gasteiger partial charge on any atom is 0.434 e. The van der Waals surface area contributed by atoms with Gasteiger partial charge in [-0.15, -0.1) is 11.3 Å². The molecule has 0 atom stereocenters. The van der Waals surface area contributed by atoms with Crippen molar-refractivity contribution in [3.05, 3.63) is 23.0 Å². The first-order chi connectivity index (χ1) is 13.3. The van der Waals surface area contributed by atoms with Crippen LogP contribution in [0.1, 0.15) is 23.5 Å². The van der Waals surface area contributed by atoms with E-state index in [1.54, 1.807) is 30.9 Å². The minimum Gasteiger partial charge on any atom is -0.351 e. The molecule has 0 spiro atoms. The number of halogens is 3. The van der Waals surface area contributed by atoms with Gasteiger partial charge in [0, 0.05) is 31.9 Å². The normalized spacial score (nSPS) is 16.7. The summed E-state index contributed by atoms with van der Waals surface area (Å²) in [4.78, 5) is 14.2. The maximum atomic E-state index is 13.5. The lowest BCUT2D eigenvalue weighted by Crippen LogP contribution is -2.35. The Morgan fingerprint density at radius 2 is 2.00 bits per heavy atom. The number of piperidine rings is 1. The molecule has 6 nitrogen and oxygen atoms in total. The molecule has 11 heteroatoms. The molecule has 0 radical (unpaired) electrons. The lowest BCUT2D eigenvalue weighted by molar-refractivity contribution is -0.140. The summed E-state index contributed by atoms with van der Waals surface area (Å²) >= 11 is 2.75. The Hall–Kier alpha value is -1.43. The molecule has 1 saturated heterocycles. The molecule has 28 heavy (non-hydrogen) atoms. The molecule has 1 fully saturated rings. The van der Waals surface area contributed by atoms with Gasteiger partial charge in [0.25, 0.3) is 0 Å². The minimum absolute atomic E-state index is 0.0343. The smallest absolute Gasteiger partial charge is 0.351 e. The monoisotopic (exact) mass is 432 g/mol. The van der Waals surface area contributed by atoms with E-state index in [9.17, 15) is 13.2 Å². The molecule has 3 heterocycles. The molecule has 154 valence electrons. The molecule has 2 aromatic rings. The Morgan fingerprint density at radius 3 is 2.61 bits per heavy atom. The van der Waals surface area contributed by atoms with Crippen LogP contribution in [0.4, 0.5) is 19.1 Å². The molecule has 1 aliphatic heterocycles. The lowest BCUT2D eigenvalue weighted by atomic mass is 10.1. The molecule has 1 aliphatic rings. The topological polar surface area (TPSA) is 57.2 Å². The summed E-state index contributed by atoms with van der Waals surface area (Å²) in [6, 6.07) is 1.72. The van der Waals surface area contributed by atoms with Crippen LogP contribution < -0.4 is 5.32 Å². The third-order valence-electron chi connectivity index (χ3n) is 4.33. The highest BCUT2D eigenvalue weighted by Gasteiger charge is 2.38. The Morgan fingerprint density at radius 1 is 1.29 bits per heavy atom. The SMILES string of the molecule is CSN1CCC(Nc2nccc(-c3sc(CN(C)C)nc3C(F)(F)F)n2)CC1. The van der Waals surface area contributed by atoms with Crippen molar-refractivity contribution < 1.29 is 13.2 Å². The Kier molecular flexibility index (Phi) is 6.79. The summed E-state index contributed by atoms with van der Waals surface area (Å²) in [5, 5.41) is 3.68. The van der Waals surface area contributed by atoms with Gasteiger partial charge in [-0.25, -0.2) is 15.0 Å². The van der Waals surface area contributed by atoms with Crippen molar-refractivity contribution in [1.29, 1.82) is 0 Å². The average Bonchev–Trinajstić information content (AvgIpc) is 3.06. The molecule has 2 aromatic heterocycles. The van der Waals surface area contributed by atoms with E-state index in [0.29, 0.717) is 17.5 Å². The van der Waals surface area contributed by atoms with E-state index in [1.807, 2.05) is 0 Å². The number of hydrogen-bond acceptors (Lipinski definition) is 8. The van der Waals surface area contributed by atoms with Gasteiger partial charge in [0.15, 0.2) is 5.69 Å². The van der Waals surface area contributed by atoms with E-state index in [2.05, 4.69) is 30.8 Å². The van der Waals surface area contributed by atoms with E-state index in [1.165, 1.54) is 12.3 Å². The number of rotatable bonds is 6. The van der Waals surface area contributed by atoms with E-state index in [4.69, 9.17) is 0 Å². The maximum absolute atomic E-state index is 13.5. The number of hydrogen-bond donors (Lipinski definition) is 1. The van der Waals surface area contributed by atoms with Crippen LogP contribution in [0.5, 0.6) is 0 Å².